The van der Waals surface area contributed by atoms with Crippen LogP contribution in [0.5, 0.6) is 0 Å². The van der Waals surface area contributed by atoms with Crippen LogP contribution in [0, 0.1) is 5.41 Å². The van der Waals surface area contributed by atoms with Gasteiger partial charge in [0.05, 0.1) is 11.9 Å². The average Bonchev–Trinajstić information content (AvgIpc) is 3.23. The van der Waals surface area contributed by atoms with Gasteiger partial charge in [-0.15, -0.1) is 0 Å². The average molecular weight is 455 g/mol. The first-order valence-corrected chi connectivity index (χ1v) is 12.3. The Bertz CT molecular complexity index is 713. The molecule has 174 valence electrons. The van der Waals surface area contributed by atoms with Gasteiger partial charge in [-0.1, -0.05) is 0 Å². The lowest BCUT2D eigenvalue weighted by atomic mass is 9.71. The van der Waals surface area contributed by atoms with Gasteiger partial charge in [0.2, 0.25) is 0 Å². The number of thioether (sulfide) groups is 1. The zero-order chi connectivity index (χ0) is 22.3. The Balaban J connectivity index is 0.000000858. The summed E-state index contributed by atoms with van der Waals surface area (Å²) in [6.45, 7) is 4.70. The number of nitrogens with zero attached hydrogens (tertiary/aromatic N) is 2. The molecule has 3 aliphatic rings. The zero-order valence-electron chi connectivity index (χ0n) is 18.2. The van der Waals surface area contributed by atoms with Gasteiger partial charge < -0.3 is 24.3 Å². The summed E-state index contributed by atoms with van der Waals surface area (Å²) in [7, 11) is 0. The highest BCUT2D eigenvalue weighted by Gasteiger charge is 2.44. The van der Waals surface area contributed by atoms with Crippen molar-refractivity contribution in [3.05, 3.63) is 23.7 Å². The number of aliphatic hydroxyl groups is 1. The Morgan fingerprint density at radius 1 is 1.29 bits per heavy atom. The third kappa shape index (κ3) is 6.25. The predicted molar refractivity (Wildman–Crippen MR) is 118 cm³/mol. The molecule has 3 saturated heterocycles. The topological polar surface area (TPSA) is 103 Å². The molecule has 8 nitrogen and oxygen atoms in total. The van der Waals surface area contributed by atoms with Crippen molar-refractivity contribution in [1.29, 1.82) is 0 Å². The molecular formula is C22H34N2O6S. The molecule has 1 unspecified atom stereocenters. The number of carbonyl (C=O) groups is 2. The SMILES string of the molecule is CSCc1ccc(C(=O)N2CCC3(CC2)CC(O)CN(C2CCOCC2)C3)o1.O=CO. The smallest absolute Gasteiger partial charge is 0.290 e. The third-order valence-electron chi connectivity index (χ3n) is 6.63. The lowest BCUT2D eigenvalue weighted by Gasteiger charge is -2.51. The van der Waals surface area contributed by atoms with Gasteiger partial charge in [-0.05, 0) is 55.9 Å². The van der Waals surface area contributed by atoms with E-state index in [2.05, 4.69) is 4.90 Å². The molecule has 3 aliphatic heterocycles. The molecule has 0 bridgehead atoms. The number of ether oxygens (including phenoxy) is 1. The lowest BCUT2D eigenvalue weighted by molar-refractivity contribution is -0.122. The van der Waals surface area contributed by atoms with E-state index in [1.807, 2.05) is 17.2 Å². The van der Waals surface area contributed by atoms with E-state index in [1.54, 1.807) is 17.8 Å². The minimum atomic E-state index is -0.266. The molecule has 1 amide bonds. The summed E-state index contributed by atoms with van der Waals surface area (Å²) in [6.07, 6.45) is 6.64. The van der Waals surface area contributed by atoms with Crippen molar-refractivity contribution in [3.8, 4) is 0 Å². The highest BCUT2D eigenvalue weighted by Crippen LogP contribution is 2.41. The fourth-order valence-corrected chi connectivity index (χ4v) is 5.58. The van der Waals surface area contributed by atoms with Gasteiger partial charge in [0.25, 0.3) is 12.4 Å². The molecule has 0 aromatic carbocycles. The summed E-state index contributed by atoms with van der Waals surface area (Å²) < 4.78 is 11.2. The molecule has 9 heteroatoms. The second kappa shape index (κ2) is 11.4. The van der Waals surface area contributed by atoms with Crippen molar-refractivity contribution in [3.63, 3.8) is 0 Å². The number of hydrogen-bond acceptors (Lipinski definition) is 7. The Hall–Kier alpha value is -1.55. The summed E-state index contributed by atoms with van der Waals surface area (Å²) in [5.41, 5.74) is 0.125. The zero-order valence-corrected chi connectivity index (χ0v) is 19.0. The number of furan rings is 1. The summed E-state index contributed by atoms with van der Waals surface area (Å²) in [6, 6.07) is 4.23. The van der Waals surface area contributed by atoms with Gasteiger partial charge in [-0.25, -0.2) is 0 Å². The number of rotatable bonds is 4. The largest absolute Gasteiger partial charge is 0.483 e. The fourth-order valence-electron chi connectivity index (χ4n) is 5.14. The monoisotopic (exact) mass is 454 g/mol. The second-order valence-corrected chi connectivity index (χ2v) is 9.59. The number of likely N-dealkylation sites (tertiary alicyclic amines) is 2. The first kappa shape index (κ1) is 24.1. The van der Waals surface area contributed by atoms with Gasteiger partial charge in [0.15, 0.2) is 5.76 Å². The second-order valence-electron chi connectivity index (χ2n) is 8.73. The van der Waals surface area contributed by atoms with Crippen LogP contribution in [-0.2, 0) is 15.3 Å². The molecule has 0 saturated carbocycles. The molecule has 1 aromatic heterocycles. The van der Waals surface area contributed by atoms with E-state index in [-0.39, 0.29) is 23.9 Å². The molecule has 4 heterocycles. The Kier molecular flexibility index (Phi) is 8.83. The van der Waals surface area contributed by atoms with E-state index in [0.29, 0.717) is 11.8 Å². The van der Waals surface area contributed by atoms with Crippen molar-refractivity contribution < 1.29 is 29.0 Å². The van der Waals surface area contributed by atoms with Crippen molar-refractivity contribution in [1.82, 2.24) is 9.80 Å². The summed E-state index contributed by atoms with van der Waals surface area (Å²) in [5, 5.41) is 17.5. The number of aliphatic hydroxyl groups excluding tert-OH is 1. The molecule has 1 spiro atoms. The van der Waals surface area contributed by atoms with Crippen LogP contribution in [0.3, 0.4) is 0 Å². The molecule has 31 heavy (non-hydrogen) atoms. The van der Waals surface area contributed by atoms with Crippen molar-refractivity contribution in [2.75, 3.05) is 45.6 Å². The predicted octanol–water partition coefficient (Wildman–Crippen LogP) is 2.31. The van der Waals surface area contributed by atoms with Crippen molar-refractivity contribution >= 4 is 24.1 Å². The van der Waals surface area contributed by atoms with Crippen LogP contribution in [0.2, 0.25) is 0 Å². The first-order valence-electron chi connectivity index (χ1n) is 10.9. The minimum absolute atomic E-state index is 0.000142. The Morgan fingerprint density at radius 2 is 1.97 bits per heavy atom. The van der Waals surface area contributed by atoms with Crippen LogP contribution in [0.4, 0.5) is 0 Å². The standard InChI is InChI=1S/C21H32N2O4S.CH2O2/c1-28-14-18-2-3-19(27-18)20(25)22-8-6-21(7-9-22)12-17(24)13-23(15-21)16-4-10-26-11-5-16;2-1-3/h2-3,16-17,24H,4-15H2,1H3;1H,(H,2,3). The van der Waals surface area contributed by atoms with Gasteiger partial charge in [0, 0.05) is 45.4 Å². The van der Waals surface area contributed by atoms with Crippen LogP contribution in [0.15, 0.2) is 16.5 Å². The van der Waals surface area contributed by atoms with Crippen LogP contribution in [0.1, 0.15) is 48.4 Å². The van der Waals surface area contributed by atoms with E-state index in [1.165, 1.54) is 0 Å². The number of carbonyl (C=O) groups excluding carboxylic acids is 1. The Morgan fingerprint density at radius 3 is 2.61 bits per heavy atom. The van der Waals surface area contributed by atoms with Gasteiger partial charge in [-0.3, -0.25) is 14.5 Å². The normalized spacial score (nSPS) is 24.5. The maximum atomic E-state index is 12.8. The molecule has 2 N–H and O–H groups in total. The molecule has 1 atom stereocenters. The molecule has 3 fully saturated rings. The summed E-state index contributed by atoms with van der Waals surface area (Å²) >= 11 is 1.69. The number of piperidine rings is 2. The van der Waals surface area contributed by atoms with Crippen LogP contribution < -0.4 is 0 Å². The van der Waals surface area contributed by atoms with E-state index in [4.69, 9.17) is 19.1 Å². The van der Waals surface area contributed by atoms with Crippen LogP contribution in [0.25, 0.3) is 0 Å². The number of β-amino-alcohol motifs (C(OH)–C–C–N with tert-alkyl or cyclic N) is 1. The highest BCUT2D eigenvalue weighted by molar-refractivity contribution is 7.97. The quantitative estimate of drug-likeness (QED) is 0.668. The van der Waals surface area contributed by atoms with Gasteiger partial charge >= 0.3 is 0 Å². The number of hydrogen-bond donors (Lipinski definition) is 2. The third-order valence-corrected chi connectivity index (χ3v) is 7.20. The van der Waals surface area contributed by atoms with E-state index >= 15 is 0 Å². The molecular weight excluding hydrogens is 420 g/mol. The maximum absolute atomic E-state index is 12.8. The molecule has 1 aromatic rings. The van der Waals surface area contributed by atoms with Crippen LogP contribution >= 0.6 is 11.8 Å². The summed E-state index contributed by atoms with van der Waals surface area (Å²) in [5.74, 6) is 2.09. The van der Waals surface area contributed by atoms with Crippen molar-refractivity contribution in [2.45, 2.75) is 50.0 Å². The van der Waals surface area contributed by atoms with Gasteiger partial charge in [0.1, 0.15) is 5.76 Å². The molecule has 4 rings (SSSR count). The Labute approximate surface area is 187 Å². The highest BCUT2D eigenvalue weighted by atomic mass is 32.2. The molecule has 0 radical (unpaired) electrons. The van der Waals surface area contributed by atoms with E-state index in [9.17, 15) is 9.90 Å². The lowest BCUT2D eigenvalue weighted by Crippen LogP contribution is -2.57. The van der Waals surface area contributed by atoms with E-state index in [0.717, 1.165) is 83.0 Å². The molecule has 0 aliphatic carbocycles. The minimum Gasteiger partial charge on any atom is -0.483 e. The van der Waals surface area contributed by atoms with Crippen molar-refractivity contribution in [2.24, 2.45) is 5.41 Å². The van der Waals surface area contributed by atoms with E-state index < -0.39 is 0 Å². The maximum Gasteiger partial charge on any atom is 0.290 e. The number of amides is 1. The van der Waals surface area contributed by atoms with Crippen LogP contribution in [-0.4, -0.2) is 90.2 Å². The number of carboxylic acid groups (broad SMARTS) is 1. The summed E-state index contributed by atoms with van der Waals surface area (Å²) in [4.78, 5) is 25.6. The fraction of sp³-hybridized carbons (Fsp3) is 0.727. The first-order chi connectivity index (χ1) is 15.0. The van der Waals surface area contributed by atoms with Gasteiger partial charge in [-0.2, -0.15) is 11.8 Å².